The minimum atomic E-state index is 0.588. The SMILES string of the molecule is Cc1ccc(-c2cncc3[nH]c(-c4n[nH]c5ccc(-c6cncc(OCCN(C)C)c6)nc45)nc23)s1. The van der Waals surface area contributed by atoms with Crippen molar-refractivity contribution in [3.63, 3.8) is 0 Å². The van der Waals surface area contributed by atoms with Crippen molar-refractivity contribution in [3.8, 4) is 39.0 Å². The van der Waals surface area contributed by atoms with Gasteiger partial charge in [-0.1, -0.05) is 0 Å². The van der Waals surface area contributed by atoms with Gasteiger partial charge in [-0.05, 0) is 51.4 Å². The van der Waals surface area contributed by atoms with Gasteiger partial charge < -0.3 is 14.6 Å². The van der Waals surface area contributed by atoms with Crippen molar-refractivity contribution in [3.05, 3.63) is 60.0 Å². The summed E-state index contributed by atoms with van der Waals surface area (Å²) in [5.74, 6) is 1.35. The average Bonchev–Trinajstić information content (AvgIpc) is 3.61. The van der Waals surface area contributed by atoms with Gasteiger partial charge in [-0.3, -0.25) is 15.1 Å². The molecule has 0 aliphatic rings. The van der Waals surface area contributed by atoms with Crippen LogP contribution in [0.1, 0.15) is 4.88 Å². The highest BCUT2D eigenvalue weighted by molar-refractivity contribution is 7.15. The van der Waals surface area contributed by atoms with Crippen LogP contribution in [-0.2, 0) is 0 Å². The molecule has 0 spiro atoms. The monoisotopic (exact) mass is 496 g/mol. The maximum Gasteiger partial charge on any atom is 0.161 e. The van der Waals surface area contributed by atoms with Gasteiger partial charge in [0.1, 0.15) is 23.4 Å². The van der Waals surface area contributed by atoms with Crippen molar-refractivity contribution in [2.75, 3.05) is 27.2 Å². The smallest absolute Gasteiger partial charge is 0.161 e. The lowest BCUT2D eigenvalue weighted by Crippen LogP contribution is -2.19. The molecule has 0 bridgehead atoms. The third-order valence-corrected chi connectivity index (χ3v) is 6.88. The van der Waals surface area contributed by atoms with Crippen LogP contribution in [0, 0.1) is 6.92 Å². The molecule has 0 aliphatic heterocycles. The standard InChI is InChI=1S/C26H24N8OS/c1-15-4-7-22(36-15)18-13-28-14-21-23(18)31-26(30-21)25-24-20(32-33-25)6-5-19(29-24)16-10-17(12-27-11-16)35-9-8-34(2)3/h4-7,10-14H,8-9H2,1-3H3,(H,30,31)(H,32,33). The highest BCUT2D eigenvalue weighted by Gasteiger charge is 2.18. The molecular weight excluding hydrogens is 472 g/mol. The molecule has 6 aromatic heterocycles. The number of rotatable bonds is 7. The maximum absolute atomic E-state index is 5.86. The first-order chi connectivity index (χ1) is 17.5. The van der Waals surface area contributed by atoms with Crippen LogP contribution in [0.15, 0.2) is 55.1 Å². The van der Waals surface area contributed by atoms with Crippen molar-refractivity contribution < 1.29 is 4.74 Å². The first kappa shape index (κ1) is 22.3. The van der Waals surface area contributed by atoms with Gasteiger partial charge in [0.25, 0.3) is 0 Å². The lowest BCUT2D eigenvalue weighted by molar-refractivity contribution is 0.261. The number of aryl methyl sites for hydroxylation is 1. The molecule has 0 saturated heterocycles. The molecule has 0 saturated carbocycles. The number of ether oxygens (including phenoxy) is 1. The van der Waals surface area contributed by atoms with E-state index in [0.29, 0.717) is 23.9 Å². The van der Waals surface area contributed by atoms with Gasteiger partial charge in [0, 0.05) is 39.8 Å². The quantitative estimate of drug-likeness (QED) is 0.322. The molecule has 0 unspecified atom stereocenters. The highest BCUT2D eigenvalue weighted by Crippen LogP contribution is 2.34. The number of aromatic amines is 2. The summed E-state index contributed by atoms with van der Waals surface area (Å²) < 4.78 is 5.86. The third-order valence-electron chi connectivity index (χ3n) is 5.85. The predicted molar refractivity (Wildman–Crippen MR) is 142 cm³/mol. The lowest BCUT2D eigenvalue weighted by atomic mass is 10.1. The number of fused-ring (bicyclic) bond motifs is 2. The molecule has 10 heteroatoms. The summed E-state index contributed by atoms with van der Waals surface area (Å²) in [6.45, 7) is 3.51. The number of likely N-dealkylation sites (N-methyl/N-ethyl adjacent to an activating group) is 1. The third kappa shape index (κ3) is 4.21. The lowest BCUT2D eigenvalue weighted by Gasteiger charge is -2.11. The molecule has 0 radical (unpaired) electrons. The number of pyridine rings is 3. The van der Waals surface area contributed by atoms with Gasteiger partial charge in [0.15, 0.2) is 11.5 Å². The summed E-state index contributed by atoms with van der Waals surface area (Å²) in [7, 11) is 4.03. The number of nitrogens with zero attached hydrogens (tertiary/aromatic N) is 6. The zero-order valence-corrected chi connectivity index (χ0v) is 20.9. The Morgan fingerprint density at radius 3 is 2.67 bits per heavy atom. The number of thiophene rings is 1. The topological polar surface area (TPSA) is 108 Å². The minimum absolute atomic E-state index is 0.588. The van der Waals surface area contributed by atoms with E-state index in [1.54, 1.807) is 29.9 Å². The van der Waals surface area contributed by atoms with E-state index < -0.39 is 0 Å². The summed E-state index contributed by atoms with van der Waals surface area (Å²) in [4.78, 5) is 26.4. The van der Waals surface area contributed by atoms with Crippen molar-refractivity contribution in [1.82, 2.24) is 40.0 Å². The molecule has 0 aromatic carbocycles. The zero-order chi connectivity index (χ0) is 24.6. The Balaban J connectivity index is 1.37. The molecule has 0 amide bonds. The largest absolute Gasteiger partial charge is 0.491 e. The summed E-state index contributed by atoms with van der Waals surface area (Å²) in [6, 6.07) is 10.1. The number of hydrogen-bond donors (Lipinski definition) is 2. The Morgan fingerprint density at radius 1 is 0.944 bits per heavy atom. The Labute approximate surface area is 211 Å². The zero-order valence-electron chi connectivity index (χ0n) is 20.1. The van der Waals surface area contributed by atoms with Gasteiger partial charge in [-0.2, -0.15) is 5.10 Å². The van der Waals surface area contributed by atoms with E-state index >= 15 is 0 Å². The van der Waals surface area contributed by atoms with E-state index in [4.69, 9.17) is 14.7 Å². The highest BCUT2D eigenvalue weighted by atomic mass is 32.1. The molecule has 180 valence electrons. The molecule has 0 fully saturated rings. The van der Waals surface area contributed by atoms with Crippen LogP contribution in [0.25, 0.3) is 55.3 Å². The number of hydrogen-bond acceptors (Lipinski definition) is 8. The van der Waals surface area contributed by atoms with Crippen LogP contribution in [0.2, 0.25) is 0 Å². The van der Waals surface area contributed by atoms with Gasteiger partial charge in [0.2, 0.25) is 0 Å². The molecule has 9 nitrogen and oxygen atoms in total. The van der Waals surface area contributed by atoms with Crippen molar-refractivity contribution in [2.45, 2.75) is 6.92 Å². The molecule has 0 aliphatic carbocycles. The van der Waals surface area contributed by atoms with Gasteiger partial charge in [-0.25, -0.2) is 9.97 Å². The number of nitrogens with one attached hydrogen (secondary N) is 2. The maximum atomic E-state index is 5.86. The Morgan fingerprint density at radius 2 is 1.83 bits per heavy atom. The number of H-pyrrole nitrogens is 2. The van der Waals surface area contributed by atoms with Crippen LogP contribution in [0.3, 0.4) is 0 Å². The molecule has 6 heterocycles. The molecular formula is C26H24N8OS. The van der Waals surface area contributed by atoms with Crippen LogP contribution >= 0.6 is 11.3 Å². The van der Waals surface area contributed by atoms with Crippen LogP contribution in [-0.4, -0.2) is 67.3 Å². The van der Waals surface area contributed by atoms with E-state index in [9.17, 15) is 0 Å². The molecule has 36 heavy (non-hydrogen) atoms. The fourth-order valence-corrected chi connectivity index (χ4v) is 4.89. The fraction of sp³-hybridized carbons (Fsp3) is 0.192. The van der Waals surface area contributed by atoms with Crippen LogP contribution < -0.4 is 4.74 Å². The fourth-order valence-electron chi connectivity index (χ4n) is 4.01. The second-order valence-electron chi connectivity index (χ2n) is 8.80. The van der Waals surface area contributed by atoms with Gasteiger partial charge >= 0.3 is 0 Å². The number of aromatic nitrogens is 7. The molecule has 2 N–H and O–H groups in total. The first-order valence-electron chi connectivity index (χ1n) is 11.5. The summed E-state index contributed by atoms with van der Waals surface area (Å²) in [5, 5.41) is 7.61. The second kappa shape index (κ2) is 9.14. The van der Waals surface area contributed by atoms with E-state index in [1.807, 2.05) is 38.5 Å². The Bertz CT molecular complexity index is 1680. The Kier molecular flexibility index (Phi) is 5.67. The van der Waals surface area contributed by atoms with Gasteiger partial charge in [0.05, 0.1) is 29.1 Å². The van der Waals surface area contributed by atoms with Crippen LogP contribution in [0.4, 0.5) is 0 Å². The predicted octanol–water partition coefficient (Wildman–Crippen LogP) is 4.94. The van der Waals surface area contributed by atoms with E-state index in [2.05, 4.69) is 49.1 Å². The van der Waals surface area contributed by atoms with E-state index in [1.165, 1.54) is 4.88 Å². The molecule has 0 atom stereocenters. The molecule has 6 aromatic rings. The Hall–Kier alpha value is -4.15. The summed E-state index contributed by atoms with van der Waals surface area (Å²) in [6.07, 6.45) is 7.15. The average molecular weight is 497 g/mol. The minimum Gasteiger partial charge on any atom is -0.491 e. The summed E-state index contributed by atoms with van der Waals surface area (Å²) in [5.41, 5.74) is 6.58. The van der Waals surface area contributed by atoms with Crippen molar-refractivity contribution >= 4 is 33.4 Å². The normalized spacial score (nSPS) is 11.7. The van der Waals surface area contributed by atoms with Crippen LogP contribution in [0.5, 0.6) is 5.75 Å². The second-order valence-corrected chi connectivity index (χ2v) is 10.1. The van der Waals surface area contributed by atoms with Gasteiger partial charge in [-0.15, -0.1) is 11.3 Å². The van der Waals surface area contributed by atoms with E-state index in [0.717, 1.165) is 50.3 Å². The van der Waals surface area contributed by atoms with Crippen molar-refractivity contribution in [2.24, 2.45) is 0 Å². The molecule has 6 rings (SSSR count). The number of imidazole rings is 1. The summed E-state index contributed by atoms with van der Waals surface area (Å²) >= 11 is 1.73. The first-order valence-corrected chi connectivity index (χ1v) is 12.4. The van der Waals surface area contributed by atoms with Crippen molar-refractivity contribution in [1.29, 1.82) is 0 Å². The van der Waals surface area contributed by atoms with E-state index in [-0.39, 0.29) is 0 Å².